The molecule has 0 unspecified atom stereocenters. The van der Waals surface area contributed by atoms with Gasteiger partial charge in [-0.1, -0.05) is 18.2 Å². The first kappa shape index (κ1) is 12.9. The summed E-state index contributed by atoms with van der Waals surface area (Å²) in [5.74, 6) is 0. The highest BCUT2D eigenvalue weighted by Gasteiger charge is 2.34. The van der Waals surface area contributed by atoms with Gasteiger partial charge in [0.05, 0.1) is 23.4 Å². The molecule has 3 rings (SSSR count). The molecule has 1 aliphatic heterocycles. The van der Waals surface area contributed by atoms with E-state index in [-0.39, 0.29) is 6.04 Å². The summed E-state index contributed by atoms with van der Waals surface area (Å²) in [5.41, 5.74) is 1.20. The van der Waals surface area contributed by atoms with Gasteiger partial charge in [-0.3, -0.25) is 4.31 Å². The normalized spacial score (nSPS) is 21.0. The highest BCUT2D eigenvalue weighted by molar-refractivity contribution is 7.91. The maximum absolute atomic E-state index is 12.0. The fourth-order valence-corrected chi connectivity index (χ4v) is 4.04. The Balaban J connectivity index is 2.18. The zero-order valence-corrected chi connectivity index (χ0v) is 11.7. The minimum absolute atomic E-state index is 0.128. The minimum atomic E-state index is -3.46. The lowest BCUT2D eigenvalue weighted by Crippen LogP contribution is -2.33. The van der Waals surface area contributed by atoms with Gasteiger partial charge in [-0.05, 0) is 35.9 Å². The SMILES string of the molecule is C[C@@H]1CNS(=O)(=O)N1c1ccc2c(C#N)cccc2c1. The van der Waals surface area contributed by atoms with Crippen molar-refractivity contribution >= 4 is 26.7 Å². The lowest BCUT2D eigenvalue weighted by molar-refractivity contribution is 0.591. The summed E-state index contributed by atoms with van der Waals surface area (Å²) < 4.78 is 27.9. The predicted molar refractivity (Wildman–Crippen MR) is 77.5 cm³/mol. The standard InChI is InChI=1S/C14H13N3O2S/c1-10-9-16-20(18,19)17(10)13-5-6-14-11(7-13)3-2-4-12(14)8-15/h2-7,10,16H,9H2,1H3/t10-/m1/s1. The molecule has 0 saturated carbocycles. The molecule has 0 aliphatic carbocycles. The second kappa shape index (κ2) is 4.47. The molecule has 2 aromatic rings. The van der Waals surface area contributed by atoms with E-state index in [9.17, 15) is 8.42 Å². The van der Waals surface area contributed by atoms with E-state index < -0.39 is 10.2 Å². The van der Waals surface area contributed by atoms with Crippen LogP contribution in [0.15, 0.2) is 36.4 Å². The Bertz CT molecular complexity index is 824. The molecule has 1 fully saturated rings. The largest absolute Gasteiger partial charge is 0.301 e. The van der Waals surface area contributed by atoms with E-state index in [0.717, 1.165) is 10.8 Å². The van der Waals surface area contributed by atoms with Crippen LogP contribution in [0.2, 0.25) is 0 Å². The Morgan fingerprint density at radius 3 is 2.80 bits per heavy atom. The third-order valence-electron chi connectivity index (χ3n) is 3.46. The van der Waals surface area contributed by atoms with Crippen LogP contribution in [0.5, 0.6) is 0 Å². The first-order valence-electron chi connectivity index (χ1n) is 6.25. The Morgan fingerprint density at radius 1 is 1.35 bits per heavy atom. The molecule has 1 heterocycles. The number of hydrogen-bond donors (Lipinski definition) is 1. The molecule has 102 valence electrons. The molecule has 0 radical (unpaired) electrons. The number of rotatable bonds is 1. The van der Waals surface area contributed by atoms with Crippen LogP contribution in [0, 0.1) is 11.3 Å². The average molecular weight is 287 g/mol. The van der Waals surface area contributed by atoms with E-state index in [0.29, 0.717) is 17.8 Å². The van der Waals surface area contributed by atoms with Gasteiger partial charge in [0, 0.05) is 6.54 Å². The van der Waals surface area contributed by atoms with Crippen molar-refractivity contribution in [1.82, 2.24) is 4.72 Å². The van der Waals surface area contributed by atoms with Crippen LogP contribution in [0.3, 0.4) is 0 Å². The molecule has 1 atom stereocenters. The molecule has 0 spiro atoms. The van der Waals surface area contributed by atoms with Crippen molar-refractivity contribution in [1.29, 1.82) is 5.26 Å². The van der Waals surface area contributed by atoms with Crippen molar-refractivity contribution in [3.8, 4) is 6.07 Å². The van der Waals surface area contributed by atoms with E-state index in [1.807, 2.05) is 13.0 Å². The van der Waals surface area contributed by atoms with Crippen LogP contribution >= 0.6 is 0 Å². The van der Waals surface area contributed by atoms with Crippen LogP contribution in [0.25, 0.3) is 10.8 Å². The fraction of sp³-hybridized carbons (Fsp3) is 0.214. The molecule has 0 aromatic heterocycles. The Labute approximate surface area is 117 Å². The van der Waals surface area contributed by atoms with E-state index in [1.165, 1.54) is 4.31 Å². The quantitative estimate of drug-likeness (QED) is 0.868. The zero-order valence-electron chi connectivity index (χ0n) is 10.9. The van der Waals surface area contributed by atoms with Gasteiger partial charge >= 0.3 is 10.2 Å². The van der Waals surface area contributed by atoms with Gasteiger partial charge in [-0.2, -0.15) is 18.4 Å². The van der Waals surface area contributed by atoms with E-state index in [1.54, 1.807) is 30.3 Å². The third-order valence-corrected chi connectivity index (χ3v) is 5.08. The predicted octanol–water partition coefficient (Wildman–Crippen LogP) is 1.75. The zero-order chi connectivity index (χ0) is 14.3. The molecule has 6 heteroatoms. The van der Waals surface area contributed by atoms with E-state index >= 15 is 0 Å². The summed E-state index contributed by atoms with van der Waals surface area (Å²) in [6.07, 6.45) is 0. The van der Waals surface area contributed by atoms with Gasteiger partial charge in [0.2, 0.25) is 0 Å². The maximum Gasteiger partial charge on any atom is 0.301 e. The highest BCUT2D eigenvalue weighted by Crippen LogP contribution is 2.28. The smallest absolute Gasteiger partial charge is 0.254 e. The Morgan fingerprint density at radius 2 is 2.15 bits per heavy atom. The molecular weight excluding hydrogens is 274 g/mol. The topological polar surface area (TPSA) is 73.2 Å². The van der Waals surface area contributed by atoms with Crippen molar-refractivity contribution < 1.29 is 8.42 Å². The van der Waals surface area contributed by atoms with E-state index in [2.05, 4.69) is 10.8 Å². The molecule has 1 aliphatic rings. The van der Waals surface area contributed by atoms with Crippen LogP contribution in [-0.2, 0) is 10.2 Å². The Hall–Kier alpha value is -2.10. The first-order chi connectivity index (χ1) is 9.53. The van der Waals surface area contributed by atoms with Crippen molar-refractivity contribution in [2.24, 2.45) is 0 Å². The van der Waals surface area contributed by atoms with Gasteiger partial charge in [-0.15, -0.1) is 0 Å². The number of nitrogens with one attached hydrogen (secondary N) is 1. The molecule has 2 aromatic carbocycles. The number of benzene rings is 2. The van der Waals surface area contributed by atoms with Crippen molar-refractivity contribution in [3.05, 3.63) is 42.0 Å². The van der Waals surface area contributed by atoms with Crippen molar-refractivity contribution in [3.63, 3.8) is 0 Å². The van der Waals surface area contributed by atoms with Crippen LogP contribution in [0.1, 0.15) is 12.5 Å². The second-order valence-electron chi connectivity index (χ2n) is 4.82. The lowest BCUT2D eigenvalue weighted by Gasteiger charge is -2.21. The molecular formula is C14H13N3O2S. The fourth-order valence-electron chi connectivity index (χ4n) is 2.51. The number of anilines is 1. The number of hydrogen-bond acceptors (Lipinski definition) is 3. The van der Waals surface area contributed by atoms with E-state index in [4.69, 9.17) is 5.26 Å². The monoisotopic (exact) mass is 287 g/mol. The van der Waals surface area contributed by atoms with Crippen molar-refractivity contribution in [2.45, 2.75) is 13.0 Å². The van der Waals surface area contributed by atoms with Gasteiger partial charge in [0.1, 0.15) is 0 Å². The number of nitriles is 1. The average Bonchev–Trinajstić information content (AvgIpc) is 2.71. The lowest BCUT2D eigenvalue weighted by atomic mass is 10.0. The summed E-state index contributed by atoms with van der Waals surface area (Å²) >= 11 is 0. The summed E-state index contributed by atoms with van der Waals surface area (Å²) in [5, 5.41) is 10.8. The van der Waals surface area contributed by atoms with Gasteiger partial charge in [0.15, 0.2) is 0 Å². The highest BCUT2D eigenvalue weighted by atomic mass is 32.2. The summed E-state index contributed by atoms with van der Waals surface area (Å²) in [6.45, 7) is 2.26. The number of nitrogens with zero attached hydrogens (tertiary/aromatic N) is 2. The van der Waals surface area contributed by atoms with Gasteiger partial charge < -0.3 is 0 Å². The Kier molecular flexibility index (Phi) is 2.89. The molecule has 1 N–H and O–H groups in total. The molecule has 0 bridgehead atoms. The maximum atomic E-state index is 12.0. The molecule has 0 amide bonds. The molecule has 20 heavy (non-hydrogen) atoms. The van der Waals surface area contributed by atoms with Crippen LogP contribution in [-0.4, -0.2) is 21.0 Å². The minimum Gasteiger partial charge on any atom is -0.254 e. The van der Waals surface area contributed by atoms with Crippen LogP contribution in [0.4, 0.5) is 5.69 Å². The van der Waals surface area contributed by atoms with Crippen molar-refractivity contribution in [2.75, 3.05) is 10.8 Å². The number of fused-ring (bicyclic) bond motifs is 1. The summed E-state index contributed by atoms with van der Waals surface area (Å²) in [7, 11) is -3.46. The third kappa shape index (κ3) is 1.92. The van der Waals surface area contributed by atoms with Gasteiger partial charge in [-0.25, -0.2) is 0 Å². The summed E-state index contributed by atoms with van der Waals surface area (Å²) in [6, 6.07) is 12.8. The van der Waals surface area contributed by atoms with Crippen LogP contribution < -0.4 is 9.03 Å². The molecule has 5 nitrogen and oxygen atoms in total. The second-order valence-corrected chi connectivity index (χ2v) is 6.45. The van der Waals surface area contributed by atoms with Gasteiger partial charge in [0.25, 0.3) is 0 Å². The summed E-state index contributed by atoms with van der Waals surface area (Å²) in [4.78, 5) is 0. The first-order valence-corrected chi connectivity index (χ1v) is 7.69. The molecule has 1 saturated heterocycles.